The minimum Gasteiger partial charge on any atom is -0.0628 e. The molecule has 0 saturated heterocycles. The average Bonchev–Trinajstić information content (AvgIpc) is 2.37. The molecule has 1 radical (unpaired) electrons. The van der Waals surface area contributed by atoms with Crippen molar-refractivity contribution in [3.8, 4) is 0 Å². The molecule has 0 unspecified atom stereocenters. The molecule has 0 spiro atoms. The van der Waals surface area contributed by atoms with Crippen LogP contribution in [0.4, 0.5) is 0 Å². The fraction of sp³-hybridized carbons (Fsp3) is 0.611. The summed E-state index contributed by atoms with van der Waals surface area (Å²) in [6.45, 7) is 4.58. The van der Waals surface area contributed by atoms with E-state index in [1.165, 1.54) is 56.9 Å². The van der Waals surface area contributed by atoms with E-state index in [4.69, 9.17) is 0 Å². The number of rotatable bonds is 10. The second-order valence-corrected chi connectivity index (χ2v) is 5.71. The Morgan fingerprint density at radius 2 is 1.56 bits per heavy atom. The first-order chi connectivity index (χ1) is 8.79. The molecule has 0 bridgehead atoms. The third-order valence-corrected chi connectivity index (χ3v) is 3.35. The van der Waals surface area contributed by atoms with Crippen molar-refractivity contribution in [3.05, 3.63) is 42.3 Å². The lowest BCUT2D eigenvalue weighted by Crippen LogP contribution is -1.89. The van der Waals surface area contributed by atoms with Gasteiger partial charge in [-0.2, -0.15) is 0 Å². The molecule has 0 N–H and O–H groups in total. The first-order valence-electron chi connectivity index (χ1n) is 7.64. The van der Waals surface area contributed by atoms with Gasteiger partial charge in [-0.3, -0.25) is 0 Å². The van der Waals surface area contributed by atoms with Crippen LogP contribution in [-0.4, -0.2) is 0 Å². The van der Waals surface area contributed by atoms with Crippen molar-refractivity contribution in [2.24, 2.45) is 5.92 Å². The predicted molar refractivity (Wildman–Crippen MR) is 81.6 cm³/mol. The average molecular weight is 245 g/mol. The van der Waals surface area contributed by atoms with Gasteiger partial charge >= 0.3 is 0 Å². The van der Waals surface area contributed by atoms with Gasteiger partial charge in [0, 0.05) is 0 Å². The lowest BCUT2D eigenvalue weighted by Gasteiger charge is -2.04. The van der Waals surface area contributed by atoms with Crippen molar-refractivity contribution in [2.75, 3.05) is 0 Å². The molecule has 0 amide bonds. The second-order valence-electron chi connectivity index (χ2n) is 5.71. The molecule has 0 heteroatoms. The van der Waals surface area contributed by atoms with Gasteiger partial charge in [-0.25, -0.2) is 0 Å². The minimum absolute atomic E-state index is 0.830. The molecule has 1 aromatic carbocycles. The van der Waals surface area contributed by atoms with Gasteiger partial charge in [-0.15, -0.1) is 0 Å². The number of hydrogen-bond donors (Lipinski definition) is 0. The summed E-state index contributed by atoms with van der Waals surface area (Å²) in [6.07, 6.45) is 13.3. The summed E-state index contributed by atoms with van der Waals surface area (Å²) < 4.78 is 0. The zero-order chi connectivity index (χ0) is 13.1. The van der Waals surface area contributed by atoms with Crippen LogP contribution in [-0.2, 0) is 6.42 Å². The topological polar surface area (TPSA) is 0 Å². The van der Waals surface area contributed by atoms with Crippen LogP contribution in [0.15, 0.2) is 30.3 Å². The molecular formula is C18H29. The number of aryl methyl sites for hydroxylation is 1. The molecule has 0 fully saturated rings. The third kappa shape index (κ3) is 8.33. The van der Waals surface area contributed by atoms with Crippen LogP contribution in [0.3, 0.4) is 0 Å². The highest BCUT2D eigenvalue weighted by molar-refractivity contribution is 5.14. The van der Waals surface area contributed by atoms with Gasteiger partial charge in [0.1, 0.15) is 0 Å². The van der Waals surface area contributed by atoms with Crippen molar-refractivity contribution in [2.45, 2.75) is 65.2 Å². The summed E-state index contributed by atoms with van der Waals surface area (Å²) >= 11 is 0. The van der Waals surface area contributed by atoms with Crippen LogP contribution in [0, 0.1) is 12.3 Å². The molecule has 0 heterocycles. The quantitative estimate of drug-likeness (QED) is 0.456. The van der Waals surface area contributed by atoms with Crippen LogP contribution < -0.4 is 0 Å². The van der Waals surface area contributed by atoms with Crippen LogP contribution in [0.1, 0.15) is 64.4 Å². The van der Waals surface area contributed by atoms with Crippen LogP contribution >= 0.6 is 0 Å². The first-order valence-corrected chi connectivity index (χ1v) is 7.64. The van der Waals surface area contributed by atoms with Crippen LogP contribution in [0.2, 0.25) is 0 Å². The van der Waals surface area contributed by atoms with E-state index in [-0.39, 0.29) is 0 Å². The number of hydrogen-bond acceptors (Lipinski definition) is 0. The van der Waals surface area contributed by atoms with Crippen molar-refractivity contribution in [1.29, 1.82) is 0 Å². The standard InChI is InChI=1S/C18H29/c1-17(2)13-9-6-4-3-5-7-10-14-18-15-11-8-12-16-18/h8-9,11-12,15-17H,3-7,10,13-14H2,1-2H3. The Morgan fingerprint density at radius 1 is 0.889 bits per heavy atom. The highest BCUT2D eigenvalue weighted by atomic mass is 14.0. The fourth-order valence-corrected chi connectivity index (χ4v) is 2.24. The van der Waals surface area contributed by atoms with Gasteiger partial charge in [0.05, 0.1) is 0 Å². The van der Waals surface area contributed by atoms with Crippen molar-refractivity contribution < 1.29 is 0 Å². The molecular weight excluding hydrogens is 216 g/mol. The molecule has 0 atom stereocenters. The Kier molecular flexibility index (Phi) is 8.63. The Labute approximate surface area is 114 Å². The number of benzene rings is 1. The summed E-state index contributed by atoms with van der Waals surface area (Å²) in [6, 6.07) is 10.8. The Bertz CT molecular complexity index is 273. The maximum atomic E-state index is 2.47. The third-order valence-electron chi connectivity index (χ3n) is 3.35. The van der Waals surface area contributed by atoms with E-state index < -0.39 is 0 Å². The zero-order valence-electron chi connectivity index (χ0n) is 12.2. The number of unbranched alkanes of at least 4 members (excludes halogenated alkanes) is 6. The molecule has 0 nitrogen and oxygen atoms in total. The summed E-state index contributed by atoms with van der Waals surface area (Å²) in [5.41, 5.74) is 1.49. The van der Waals surface area contributed by atoms with E-state index in [2.05, 4.69) is 50.6 Å². The van der Waals surface area contributed by atoms with Gasteiger partial charge in [-0.1, -0.05) is 76.3 Å². The van der Waals surface area contributed by atoms with Crippen LogP contribution in [0.5, 0.6) is 0 Å². The van der Waals surface area contributed by atoms with Gasteiger partial charge in [-0.05, 0) is 37.2 Å². The highest BCUT2D eigenvalue weighted by Gasteiger charge is 1.96. The largest absolute Gasteiger partial charge is 0.0628 e. The van der Waals surface area contributed by atoms with Gasteiger partial charge in [0.25, 0.3) is 0 Å². The van der Waals surface area contributed by atoms with E-state index in [1.54, 1.807) is 0 Å². The van der Waals surface area contributed by atoms with E-state index in [9.17, 15) is 0 Å². The summed E-state index contributed by atoms with van der Waals surface area (Å²) in [4.78, 5) is 0. The summed E-state index contributed by atoms with van der Waals surface area (Å²) in [5, 5.41) is 0. The molecule has 1 rings (SSSR count). The smallest absolute Gasteiger partial charge is 0.0279 e. The maximum Gasteiger partial charge on any atom is -0.0279 e. The Balaban J connectivity index is 1.84. The van der Waals surface area contributed by atoms with Gasteiger partial charge < -0.3 is 0 Å². The van der Waals surface area contributed by atoms with Crippen molar-refractivity contribution in [1.82, 2.24) is 0 Å². The van der Waals surface area contributed by atoms with Crippen LogP contribution in [0.25, 0.3) is 0 Å². The normalized spacial score (nSPS) is 11.1. The molecule has 0 saturated carbocycles. The van der Waals surface area contributed by atoms with Gasteiger partial charge in [0.2, 0.25) is 0 Å². The first kappa shape index (κ1) is 15.3. The van der Waals surface area contributed by atoms with E-state index in [0.717, 1.165) is 5.92 Å². The monoisotopic (exact) mass is 245 g/mol. The van der Waals surface area contributed by atoms with E-state index in [0.29, 0.717) is 0 Å². The zero-order valence-corrected chi connectivity index (χ0v) is 12.2. The maximum absolute atomic E-state index is 2.47. The molecule has 0 aromatic heterocycles. The lowest BCUT2D eigenvalue weighted by atomic mass is 10.0. The Hall–Kier alpha value is -0.780. The Morgan fingerprint density at radius 3 is 2.28 bits per heavy atom. The molecule has 1 aromatic rings. The van der Waals surface area contributed by atoms with E-state index >= 15 is 0 Å². The van der Waals surface area contributed by atoms with Crippen molar-refractivity contribution >= 4 is 0 Å². The predicted octanol–water partition coefficient (Wildman–Crippen LogP) is 5.82. The summed E-state index contributed by atoms with van der Waals surface area (Å²) in [5.74, 6) is 0.830. The molecule has 0 aliphatic carbocycles. The second kappa shape index (κ2) is 10.2. The fourth-order valence-electron chi connectivity index (χ4n) is 2.24. The highest BCUT2D eigenvalue weighted by Crippen LogP contribution is 2.12. The van der Waals surface area contributed by atoms with Crippen molar-refractivity contribution in [3.63, 3.8) is 0 Å². The molecule has 101 valence electrons. The molecule has 0 aliphatic rings. The molecule has 0 aliphatic heterocycles. The lowest BCUT2D eigenvalue weighted by molar-refractivity contribution is 0.578. The molecule has 18 heavy (non-hydrogen) atoms. The van der Waals surface area contributed by atoms with Gasteiger partial charge in [0.15, 0.2) is 0 Å². The SMILES string of the molecule is CC(C)C[CH]CCCCCCCc1ccccc1. The minimum atomic E-state index is 0.830. The summed E-state index contributed by atoms with van der Waals surface area (Å²) in [7, 11) is 0. The van der Waals surface area contributed by atoms with E-state index in [1.807, 2.05) is 0 Å².